The van der Waals surface area contributed by atoms with Crippen molar-refractivity contribution in [1.29, 1.82) is 0 Å². The number of hydrogen-bond acceptors (Lipinski definition) is 5. The van der Waals surface area contributed by atoms with Crippen molar-refractivity contribution >= 4 is 33.4 Å². The van der Waals surface area contributed by atoms with Crippen molar-refractivity contribution in [2.45, 2.75) is 31.6 Å². The Hall–Kier alpha value is -3.26. The number of anilines is 1. The van der Waals surface area contributed by atoms with Crippen LogP contribution in [0.4, 0.5) is 5.82 Å². The molecule has 1 fully saturated rings. The predicted molar refractivity (Wildman–Crippen MR) is 126 cm³/mol. The molecule has 0 spiro atoms. The van der Waals surface area contributed by atoms with Gasteiger partial charge in [-0.25, -0.2) is 4.98 Å². The molecule has 1 saturated carbocycles. The van der Waals surface area contributed by atoms with Gasteiger partial charge in [0, 0.05) is 17.7 Å². The third kappa shape index (κ3) is 3.64. The van der Waals surface area contributed by atoms with Crippen molar-refractivity contribution < 1.29 is 9.90 Å². The van der Waals surface area contributed by atoms with Gasteiger partial charge in [0.15, 0.2) is 5.65 Å². The minimum absolute atomic E-state index is 0.156. The van der Waals surface area contributed by atoms with Gasteiger partial charge < -0.3 is 10.8 Å². The first kappa shape index (κ1) is 20.6. The van der Waals surface area contributed by atoms with Gasteiger partial charge in [-0.15, -0.1) is 0 Å². The summed E-state index contributed by atoms with van der Waals surface area (Å²) in [6.07, 6.45) is 6.42. The Morgan fingerprint density at radius 3 is 2.44 bits per heavy atom. The maximum atomic E-state index is 11.3. The van der Waals surface area contributed by atoms with E-state index in [4.69, 9.17) is 10.7 Å². The molecule has 162 valence electrons. The zero-order chi connectivity index (χ0) is 22.2. The number of nitrogens with two attached hydrogens (primary N) is 1. The molecule has 0 saturated heterocycles. The molecule has 0 bridgehead atoms. The molecule has 3 aromatic heterocycles. The average Bonchev–Trinajstić information content (AvgIpc) is 3.26. The highest BCUT2D eigenvalue weighted by Crippen LogP contribution is 2.40. The van der Waals surface area contributed by atoms with E-state index in [1.807, 2.05) is 36.5 Å². The fourth-order valence-electron chi connectivity index (χ4n) is 4.43. The molecule has 3 heterocycles. The number of nitrogen functional groups attached to an aromatic ring is 1. The Kier molecular flexibility index (Phi) is 5.38. The molecule has 4 aromatic rings. The van der Waals surface area contributed by atoms with Gasteiger partial charge >= 0.3 is 5.97 Å². The van der Waals surface area contributed by atoms with Crippen molar-refractivity contribution in [2.24, 2.45) is 5.92 Å². The monoisotopic (exact) mass is 491 g/mol. The molecule has 8 heteroatoms. The van der Waals surface area contributed by atoms with Crippen molar-refractivity contribution in [3.8, 4) is 22.4 Å². The van der Waals surface area contributed by atoms with Crippen LogP contribution in [0.2, 0.25) is 0 Å². The molecule has 0 radical (unpaired) electrons. The summed E-state index contributed by atoms with van der Waals surface area (Å²) in [4.78, 5) is 20.9. The van der Waals surface area contributed by atoms with Crippen molar-refractivity contribution in [3.05, 3.63) is 65.0 Å². The van der Waals surface area contributed by atoms with Gasteiger partial charge in [0.25, 0.3) is 0 Å². The molecule has 1 aromatic carbocycles. The molecule has 1 aliphatic rings. The Balaban J connectivity index is 1.51. The fourth-order valence-corrected chi connectivity index (χ4v) is 5.01. The molecule has 1 aliphatic carbocycles. The molecule has 0 atom stereocenters. The quantitative estimate of drug-likeness (QED) is 0.408. The Labute approximate surface area is 193 Å². The maximum Gasteiger partial charge on any atom is 0.306 e. The topological polar surface area (TPSA) is 106 Å². The first-order valence-corrected chi connectivity index (χ1v) is 11.4. The molecule has 0 aliphatic heterocycles. The number of nitrogens with zero attached hydrogens (tertiary/aromatic N) is 4. The third-order valence-corrected chi connectivity index (χ3v) is 7.07. The number of halogens is 1. The molecule has 3 N–H and O–H groups in total. The molecule has 32 heavy (non-hydrogen) atoms. The molecular formula is C24H22BrN5O2. The van der Waals surface area contributed by atoms with Crippen LogP contribution in [0.15, 0.2) is 59.3 Å². The molecule has 0 unspecified atom stereocenters. The fraction of sp³-hybridized carbons (Fsp3) is 0.250. The molecule has 7 nitrogen and oxygen atoms in total. The number of pyridine rings is 1. The second-order valence-corrected chi connectivity index (χ2v) is 8.97. The van der Waals surface area contributed by atoms with Gasteiger partial charge in [0.05, 0.1) is 33.5 Å². The van der Waals surface area contributed by atoms with Gasteiger partial charge in [-0.05, 0) is 53.2 Å². The summed E-state index contributed by atoms with van der Waals surface area (Å²) in [6, 6.07) is 14.1. The minimum Gasteiger partial charge on any atom is -0.481 e. The molecule has 0 amide bonds. The van der Waals surface area contributed by atoms with E-state index in [0.29, 0.717) is 24.3 Å². The Morgan fingerprint density at radius 1 is 1.03 bits per heavy atom. The van der Waals surface area contributed by atoms with Crippen LogP contribution in [0.1, 0.15) is 37.3 Å². The van der Waals surface area contributed by atoms with Crippen LogP contribution in [-0.4, -0.2) is 30.7 Å². The van der Waals surface area contributed by atoms with Crippen LogP contribution in [-0.2, 0) is 4.79 Å². The summed E-state index contributed by atoms with van der Waals surface area (Å²) in [5.74, 6) is -0.349. The number of rotatable bonds is 4. The number of benzene rings is 1. The van der Waals surface area contributed by atoms with E-state index < -0.39 is 5.97 Å². The van der Waals surface area contributed by atoms with Crippen molar-refractivity contribution in [3.63, 3.8) is 0 Å². The average molecular weight is 492 g/mol. The zero-order valence-corrected chi connectivity index (χ0v) is 18.9. The predicted octanol–water partition coefficient (Wildman–Crippen LogP) is 5.16. The summed E-state index contributed by atoms with van der Waals surface area (Å²) in [6.45, 7) is 0. The second kappa shape index (κ2) is 8.35. The van der Waals surface area contributed by atoms with E-state index in [-0.39, 0.29) is 11.8 Å². The number of hydrogen-bond donors (Lipinski definition) is 2. The lowest BCUT2D eigenvalue weighted by molar-refractivity contribution is -0.142. The van der Waals surface area contributed by atoms with E-state index >= 15 is 0 Å². The highest BCUT2D eigenvalue weighted by atomic mass is 79.9. The number of carboxylic acid groups (broad SMARTS) is 1. The zero-order valence-electron chi connectivity index (χ0n) is 17.3. The van der Waals surface area contributed by atoms with Crippen LogP contribution in [0.5, 0.6) is 0 Å². The first-order valence-electron chi connectivity index (χ1n) is 10.6. The van der Waals surface area contributed by atoms with Gasteiger partial charge in [0.2, 0.25) is 0 Å². The normalized spacial score (nSPS) is 18.7. The van der Waals surface area contributed by atoms with E-state index in [1.165, 1.54) is 0 Å². The highest BCUT2D eigenvalue weighted by molar-refractivity contribution is 9.10. The maximum absolute atomic E-state index is 11.3. The number of carboxylic acids is 1. The summed E-state index contributed by atoms with van der Waals surface area (Å²) in [5, 5.41) is 13.7. The van der Waals surface area contributed by atoms with E-state index in [1.54, 1.807) is 10.7 Å². The highest BCUT2D eigenvalue weighted by Gasteiger charge is 2.30. The van der Waals surface area contributed by atoms with Gasteiger partial charge in [-0.2, -0.15) is 9.61 Å². The summed E-state index contributed by atoms with van der Waals surface area (Å²) < 4.78 is 2.35. The standard InChI is InChI=1S/C24H22BrN5O2/c25-20-21(15-6-8-16(9-7-15)24(31)32)29-23-18(13-28-30(23)22(20)26)19-11-10-17(12-27-19)14-4-2-1-3-5-14/h1-5,10-13,15-16H,6-9,26H2,(H,31,32)/t15-,16-. The summed E-state index contributed by atoms with van der Waals surface area (Å²) in [5.41, 5.74) is 11.6. The number of fused-ring (bicyclic) bond motifs is 1. The van der Waals surface area contributed by atoms with Gasteiger partial charge in [-0.1, -0.05) is 36.4 Å². The van der Waals surface area contributed by atoms with Gasteiger partial charge in [0.1, 0.15) is 5.82 Å². The van der Waals surface area contributed by atoms with Crippen molar-refractivity contribution in [1.82, 2.24) is 19.6 Å². The SMILES string of the molecule is Nc1c(Br)c([C@H]2CC[C@H](C(=O)O)CC2)nc2c(-c3ccc(-c4ccccc4)cn3)cnn12. The first-order chi connectivity index (χ1) is 15.5. The lowest BCUT2D eigenvalue weighted by Gasteiger charge is -2.26. The number of aliphatic carboxylic acids is 1. The van der Waals surface area contributed by atoms with Gasteiger partial charge in [-0.3, -0.25) is 9.78 Å². The largest absolute Gasteiger partial charge is 0.481 e. The van der Waals surface area contributed by atoms with E-state index in [0.717, 1.165) is 45.4 Å². The van der Waals surface area contributed by atoms with Crippen LogP contribution in [0.25, 0.3) is 28.0 Å². The summed E-state index contributed by atoms with van der Waals surface area (Å²) >= 11 is 3.60. The third-order valence-electron chi connectivity index (χ3n) is 6.26. The number of aromatic nitrogens is 4. The Bertz CT molecular complexity index is 1280. The molecule has 5 rings (SSSR count). The smallest absolute Gasteiger partial charge is 0.306 e. The lowest BCUT2D eigenvalue weighted by Crippen LogP contribution is -2.21. The van der Waals surface area contributed by atoms with E-state index in [9.17, 15) is 9.90 Å². The number of carbonyl (C=O) groups is 1. The minimum atomic E-state index is -0.714. The summed E-state index contributed by atoms with van der Waals surface area (Å²) in [7, 11) is 0. The lowest BCUT2D eigenvalue weighted by atomic mass is 9.80. The van der Waals surface area contributed by atoms with E-state index in [2.05, 4.69) is 38.1 Å². The van der Waals surface area contributed by atoms with Crippen molar-refractivity contribution in [2.75, 3.05) is 5.73 Å². The van der Waals surface area contributed by atoms with Crippen LogP contribution in [0, 0.1) is 5.92 Å². The molecular weight excluding hydrogens is 470 g/mol. The Morgan fingerprint density at radius 2 is 1.78 bits per heavy atom. The van der Waals surface area contributed by atoms with Crippen LogP contribution >= 0.6 is 15.9 Å². The van der Waals surface area contributed by atoms with Crippen LogP contribution < -0.4 is 5.73 Å². The second-order valence-electron chi connectivity index (χ2n) is 8.17. The van der Waals surface area contributed by atoms with Crippen LogP contribution in [0.3, 0.4) is 0 Å².